The third-order valence-electron chi connectivity index (χ3n) is 2.72. The van der Waals surface area contributed by atoms with Gasteiger partial charge in [0.1, 0.15) is 11.6 Å². The maximum absolute atomic E-state index is 11.2. The number of nitro groups is 1. The van der Waals surface area contributed by atoms with Gasteiger partial charge >= 0.3 is 5.69 Å². The van der Waals surface area contributed by atoms with Crippen molar-refractivity contribution in [1.29, 1.82) is 0 Å². The number of benzene rings is 1. The van der Waals surface area contributed by atoms with Gasteiger partial charge in [0.2, 0.25) is 5.75 Å². The van der Waals surface area contributed by atoms with Crippen molar-refractivity contribution in [3.05, 3.63) is 48.4 Å². The van der Waals surface area contributed by atoms with E-state index in [1.807, 2.05) is 12.3 Å². The van der Waals surface area contributed by atoms with E-state index in [0.29, 0.717) is 10.0 Å². The highest BCUT2D eigenvalue weighted by Gasteiger charge is 2.23. The smallest absolute Gasteiger partial charge is 0.312 e. The highest BCUT2D eigenvalue weighted by molar-refractivity contribution is 9.10. The van der Waals surface area contributed by atoms with E-state index in [9.17, 15) is 15.2 Å². The minimum atomic E-state index is -0.880. The molecule has 1 N–H and O–H groups in total. The normalized spacial score (nSPS) is 12.2. The molecule has 6 nitrogen and oxygen atoms in total. The number of aryl methyl sites for hydroxylation is 1. The van der Waals surface area contributed by atoms with Gasteiger partial charge in [0.25, 0.3) is 0 Å². The van der Waals surface area contributed by atoms with E-state index in [1.54, 1.807) is 6.07 Å². The molecule has 0 aliphatic carbocycles. The summed E-state index contributed by atoms with van der Waals surface area (Å²) in [6.07, 6.45) is -0.880. The van der Waals surface area contributed by atoms with E-state index in [1.165, 1.54) is 24.3 Å². The lowest BCUT2D eigenvalue weighted by atomic mass is 10.1. The molecular weight excluding hydrogens is 360 g/mol. The molecule has 2 aromatic rings. The third-order valence-corrected chi connectivity index (χ3v) is 4.11. The van der Waals surface area contributed by atoms with Crippen molar-refractivity contribution in [1.82, 2.24) is 4.98 Å². The molecule has 0 saturated heterocycles. The molecule has 0 saturated carbocycles. The van der Waals surface area contributed by atoms with Crippen LogP contribution in [-0.2, 0) is 6.61 Å². The van der Waals surface area contributed by atoms with Crippen molar-refractivity contribution < 1.29 is 14.8 Å². The lowest BCUT2D eigenvalue weighted by molar-refractivity contribution is -0.386. The number of ether oxygens (including phenoxy) is 1. The fourth-order valence-corrected chi connectivity index (χ4v) is 2.95. The molecule has 0 spiro atoms. The first-order valence-corrected chi connectivity index (χ1v) is 7.75. The second-order valence-electron chi connectivity index (χ2n) is 4.45. The van der Waals surface area contributed by atoms with Gasteiger partial charge in [-0.3, -0.25) is 10.1 Å². The van der Waals surface area contributed by atoms with Gasteiger partial charge in [0.15, 0.2) is 0 Å². The predicted octanol–water partition coefficient (Wildman–Crippen LogP) is 3.75. The minimum absolute atomic E-state index is 0.0750. The summed E-state index contributed by atoms with van der Waals surface area (Å²) in [4.78, 5) is 14.9. The highest BCUT2D eigenvalue weighted by Crippen LogP contribution is 2.38. The number of rotatable bonds is 5. The molecule has 0 bridgehead atoms. The quantitative estimate of drug-likeness (QED) is 0.637. The standard InChI is InChI=1S/C13H13BrN2O4S/c1-7-6-21-12(15-7)5-20-13-10(8(2)17)3-9(14)4-11(13)16(18)19/h3-4,6,8,17H,5H2,1-2H3/t8-/m1/s1. The zero-order valence-electron chi connectivity index (χ0n) is 11.4. The Balaban J connectivity index is 2.37. The van der Waals surface area contributed by atoms with Crippen LogP contribution in [0.2, 0.25) is 0 Å². The van der Waals surface area contributed by atoms with Gasteiger partial charge in [0, 0.05) is 27.2 Å². The van der Waals surface area contributed by atoms with E-state index in [0.717, 1.165) is 10.7 Å². The minimum Gasteiger partial charge on any atom is -0.479 e. The summed E-state index contributed by atoms with van der Waals surface area (Å²) in [5.74, 6) is 0.0750. The number of halogens is 1. The molecule has 1 aromatic heterocycles. The fourth-order valence-electron chi connectivity index (χ4n) is 1.81. The maximum atomic E-state index is 11.2. The van der Waals surface area contributed by atoms with E-state index in [2.05, 4.69) is 20.9 Å². The fraction of sp³-hybridized carbons (Fsp3) is 0.308. The van der Waals surface area contributed by atoms with Crippen LogP contribution >= 0.6 is 27.3 Å². The Labute approximate surface area is 133 Å². The molecular formula is C13H13BrN2O4S. The third kappa shape index (κ3) is 3.78. The molecule has 0 radical (unpaired) electrons. The first-order valence-electron chi connectivity index (χ1n) is 6.08. The molecule has 1 aromatic carbocycles. The first-order chi connectivity index (χ1) is 9.88. The molecule has 8 heteroatoms. The van der Waals surface area contributed by atoms with Crippen LogP contribution in [0, 0.1) is 17.0 Å². The molecule has 112 valence electrons. The number of thiazole rings is 1. The Morgan fingerprint density at radius 2 is 2.29 bits per heavy atom. The Morgan fingerprint density at radius 3 is 2.81 bits per heavy atom. The number of aromatic nitrogens is 1. The predicted molar refractivity (Wildman–Crippen MR) is 82.6 cm³/mol. The van der Waals surface area contributed by atoms with Crippen molar-refractivity contribution in [3.8, 4) is 5.75 Å². The second-order valence-corrected chi connectivity index (χ2v) is 6.31. The van der Waals surface area contributed by atoms with E-state index in [-0.39, 0.29) is 18.0 Å². The number of aliphatic hydroxyl groups is 1. The Hall–Kier alpha value is -1.51. The zero-order chi connectivity index (χ0) is 15.6. The number of nitrogens with zero attached hydrogens (tertiary/aromatic N) is 2. The van der Waals surface area contributed by atoms with Crippen LogP contribution in [0.4, 0.5) is 5.69 Å². The summed E-state index contributed by atoms with van der Waals surface area (Å²) >= 11 is 4.62. The van der Waals surface area contributed by atoms with Crippen LogP contribution in [0.3, 0.4) is 0 Å². The largest absolute Gasteiger partial charge is 0.479 e. The number of hydrogen-bond acceptors (Lipinski definition) is 6. The first kappa shape index (κ1) is 15.9. The van der Waals surface area contributed by atoms with Crippen LogP contribution in [0.5, 0.6) is 5.75 Å². The van der Waals surface area contributed by atoms with Crippen molar-refractivity contribution in [3.63, 3.8) is 0 Å². The Kier molecular flexibility index (Phi) is 4.92. The molecule has 2 rings (SSSR count). The summed E-state index contributed by atoms with van der Waals surface area (Å²) < 4.78 is 6.09. The van der Waals surface area contributed by atoms with Gasteiger partial charge in [-0.15, -0.1) is 11.3 Å². The van der Waals surface area contributed by atoms with Crippen LogP contribution < -0.4 is 4.74 Å². The molecule has 0 aliphatic heterocycles. The lowest BCUT2D eigenvalue weighted by Crippen LogP contribution is -2.04. The number of aliphatic hydroxyl groups excluding tert-OH is 1. The molecule has 0 unspecified atom stereocenters. The van der Waals surface area contributed by atoms with Crippen LogP contribution in [0.25, 0.3) is 0 Å². The van der Waals surface area contributed by atoms with Crippen molar-refractivity contribution in [2.24, 2.45) is 0 Å². The topological polar surface area (TPSA) is 85.5 Å². The van der Waals surface area contributed by atoms with Crippen molar-refractivity contribution in [2.45, 2.75) is 26.6 Å². The summed E-state index contributed by atoms with van der Waals surface area (Å²) in [5.41, 5.74) is 1.05. The Bertz CT molecular complexity index is 672. The van der Waals surface area contributed by atoms with Crippen LogP contribution in [0.1, 0.15) is 29.3 Å². The molecule has 21 heavy (non-hydrogen) atoms. The Morgan fingerprint density at radius 1 is 1.57 bits per heavy atom. The van der Waals surface area contributed by atoms with E-state index < -0.39 is 11.0 Å². The summed E-state index contributed by atoms with van der Waals surface area (Å²) in [6.45, 7) is 3.52. The summed E-state index contributed by atoms with van der Waals surface area (Å²) in [5, 5.41) is 23.6. The van der Waals surface area contributed by atoms with E-state index >= 15 is 0 Å². The summed E-state index contributed by atoms with van der Waals surface area (Å²) in [7, 11) is 0. The monoisotopic (exact) mass is 372 g/mol. The number of hydrogen-bond donors (Lipinski definition) is 1. The van der Waals surface area contributed by atoms with E-state index in [4.69, 9.17) is 4.74 Å². The molecule has 1 heterocycles. The molecule has 0 fully saturated rings. The van der Waals surface area contributed by atoms with Gasteiger partial charge in [-0.25, -0.2) is 4.98 Å². The average Bonchev–Trinajstić information content (AvgIpc) is 2.81. The molecule has 0 amide bonds. The second kappa shape index (κ2) is 6.50. The van der Waals surface area contributed by atoms with Gasteiger partial charge < -0.3 is 9.84 Å². The maximum Gasteiger partial charge on any atom is 0.312 e. The van der Waals surface area contributed by atoms with Gasteiger partial charge in [-0.1, -0.05) is 15.9 Å². The van der Waals surface area contributed by atoms with Gasteiger partial charge in [-0.2, -0.15) is 0 Å². The molecule has 1 atom stereocenters. The highest BCUT2D eigenvalue weighted by atomic mass is 79.9. The molecule has 0 aliphatic rings. The van der Waals surface area contributed by atoms with Gasteiger partial charge in [-0.05, 0) is 19.9 Å². The van der Waals surface area contributed by atoms with Gasteiger partial charge in [0.05, 0.1) is 11.0 Å². The van der Waals surface area contributed by atoms with Crippen LogP contribution in [-0.4, -0.2) is 15.0 Å². The average molecular weight is 373 g/mol. The van der Waals surface area contributed by atoms with Crippen molar-refractivity contribution in [2.75, 3.05) is 0 Å². The number of nitro benzene ring substituents is 1. The zero-order valence-corrected chi connectivity index (χ0v) is 13.8. The summed E-state index contributed by atoms with van der Waals surface area (Å²) in [6, 6.07) is 2.97. The lowest BCUT2D eigenvalue weighted by Gasteiger charge is -2.13. The van der Waals surface area contributed by atoms with Crippen LogP contribution in [0.15, 0.2) is 22.0 Å². The van der Waals surface area contributed by atoms with Crippen molar-refractivity contribution >= 4 is 33.0 Å². The SMILES string of the molecule is Cc1csc(COc2c([C@@H](C)O)cc(Br)cc2[N+](=O)[O-])n1.